The SMILES string of the molecule is COc1ccc(OC)c(-c2cn3cc(F)ccc3n2)c1. The van der Waals surface area contributed by atoms with Crippen molar-refractivity contribution in [3.63, 3.8) is 0 Å². The van der Waals surface area contributed by atoms with E-state index in [4.69, 9.17) is 9.47 Å². The van der Waals surface area contributed by atoms with Crippen LogP contribution in [-0.2, 0) is 0 Å². The van der Waals surface area contributed by atoms with E-state index in [1.807, 2.05) is 18.2 Å². The third-order valence-electron chi connectivity index (χ3n) is 3.10. The molecule has 0 fully saturated rings. The van der Waals surface area contributed by atoms with Gasteiger partial charge in [-0.25, -0.2) is 9.37 Å². The Kier molecular flexibility index (Phi) is 3.02. The maximum Gasteiger partial charge on any atom is 0.139 e. The lowest BCUT2D eigenvalue weighted by Crippen LogP contribution is -1.90. The number of hydrogen-bond donors (Lipinski definition) is 0. The maximum absolute atomic E-state index is 13.2. The van der Waals surface area contributed by atoms with E-state index in [0.29, 0.717) is 22.8 Å². The Balaban J connectivity index is 2.18. The molecule has 20 heavy (non-hydrogen) atoms. The fraction of sp³-hybridized carbons (Fsp3) is 0.133. The van der Waals surface area contributed by atoms with E-state index in [9.17, 15) is 4.39 Å². The predicted octanol–water partition coefficient (Wildman–Crippen LogP) is 3.16. The molecule has 0 unspecified atom stereocenters. The summed E-state index contributed by atoms with van der Waals surface area (Å²) in [5.41, 5.74) is 2.17. The zero-order valence-corrected chi connectivity index (χ0v) is 11.1. The minimum atomic E-state index is -0.306. The third kappa shape index (κ3) is 2.07. The van der Waals surface area contributed by atoms with Crippen molar-refractivity contribution in [3.05, 3.63) is 48.5 Å². The van der Waals surface area contributed by atoms with Crippen molar-refractivity contribution in [2.75, 3.05) is 14.2 Å². The number of imidazole rings is 1. The van der Waals surface area contributed by atoms with Crippen molar-refractivity contribution in [2.24, 2.45) is 0 Å². The average molecular weight is 272 g/mol. The van der Waals surface area contributed by atoms with E-state index in [2.05, 4.69) is 4.98 Å². The second kappa shape index (κ2) is 4.85. The first kappa shape index (κ1) is 12.5. The van der Waals surface area contributed by atoms with Gasteiger partial charge in [-0.2, -0.15) is 0 Å². The van der Waals surface area contributed by atoms with Crippen molar-refractivity contribution in [3.8, 4) is 22.8 Å². The first-order valence-corrected chi connectivity index (χ1v) is 6.08. The minimum Gasteiger partial charge on any atom is -0.497 e. The molecule has 0 N–H and O–H groups in total. The molecule has 0 atom stereocenters. The van der Waals surface area contributed by atoms with Crippen LogP contribution in [0.5, 0.6) is 11.5 Å². The molecule has 0 saturated heterocycles. The van der Waals surface area contributed by atoms with Crippen LogP contribution < -0.4 is 9.47 Å². The number of hydrogen-bond acceptors (Lipinski definition) is 3. The zero-order chi connectivity index (χ0) is 14.1. The summed E-state index contributed by atoms with van der Waals surface area (Å²) >= 11 is 0. The third-order valence-corrected chi connectivity index (χ3v) is 3.10. The van der Waals surface area contributed by atoms with E-state index < -0.39 is 0 Å². The Morgan fingerprint density at radius 2 is 1.90 bits per heavy atom. The number of halogens is 1. The van der Waals surface area contributed by atoms with Crippen LogP contribution in [0.25, 0.3) is 16.9 Å². The second-order valence-electron chi connectivity index (χ2n) is 4.31. The van der Waals surface area contributed by atoms with E-state index >= 15 is 0 Å². The van der Waals surface area contributed by atoms with Gasteiger partial charge >= 0.3 is 0 Å². The van der Waals surface area contributed by atoms with Gasteiger partial charge in [0.05, 0.1) is 19.9 Å². The Labute approximate surface area is 115 Å². The fourth-order valence-electron chi connectivity index (χ4n) is 2.11. The summed E-state index contributed by atoms with van der Waals surface area (Å²) < 4.78 is 25.4. The van der Waals surface area contributed by atoms with E-state index in [1.165, 1.54) is 12.3 Å². The summed E-state index contributed by atoms with van der Waals surface area (Å²) in [4.78, 5) is 4.47. The Morgan fingerprint density at radius 3 is 2.65 bits per heavy atom. The molecule has 1 aromatic carbocycles. The number of nitrogens with zero attached hydrogens (tertiary/aromatic N) is 2. The Morgan fingerprint density at radius 1 is 1.05 bits per heavy atom. The van der Waals surface area contributed by atoms with Crippen molar-refractivity contribution in [1.29, 1.82) is 0 Å². The molecule has 0 amide bonds. The van der Waals surface area contributed by atoms with E-state index in [0.717, 1.165) is 5.56 Å². The largest absolute Gasteiger partial charge is 0.497 e. The average Bonchev–Trinajstić information content (AvgIpc) is 2.89. The lowest BCUT2D eigenvalue weighted by molar-refractivity contribution is 0.404. The fourth-order valence-corrected chi connectivity index (χ4v) is 2.11. The van der Waals surface area contributed by atoms with Crippen molar-refractivity contribution in [2.45, 2.75) is 0 Å². The second-order valence-corrected chi connectivity index (χ2v) is 4.31. The van der Waals surface area contributed by atoms with E-state index in [-0.39, 0.29) is 5.82 Å². The van der Waals surface area contributed by atoms with Gasteiger partial charge in [0, 0.05) is 18.0 Å². The molecule has 0 aliphatic rings. The molecule has 0 radical (unpaired) electrons. The van der Waals surface area contributed by atoms with Gasteiger partial charge in [-0.05, 0) is 30.3 Å². The van der Waals surface area contributed by atoms with Gasteiger partial charge in [0.1, 0.15) is 23.0 Å². The van der Waals surface area contributed by atoms with Crippen LogP contribution in [0.15, 0.2) is 42.7 Å². The molecular formula is C15H13FN2O2. The first-order chi connectivity index (χ1) is 9.71. The normalized spacial score (nSPS) is 10.8. The molecule has 0 saturated carbocycles. The first-order valence-electron chi connectivity index (χ1n) is 6.08. The van der Waals surface area contributed by atoms with Gasteiger partial charge in [0.2, 0.25) is 0 Å². The molecule has 2 heterocycles. The van der Waals surface area contributed by atoms with Crippen LogP contribution in [0.4, 0.5) is 4.39 Å². The lowest BCUT2D eigenvalue weighted by atomic mass is 10.1. The van der Waals surface area contributed by atoms with Gasteiger partial charge < -0.3 is 13.9 Å². The molecule has 102 valence electrons. The Bertz CT molecular complexity index is 768. The summed E-state index contributed by atoms with van der Waals surface area (Å²) in [7, 11) is 3.20. The molecule has 0 bridgehead atoms. The number of benzene rings is 1. The van der Waals surface area contributed by atoms with Gasteiger partial charge in [0.25, 0.3) is 0 Å². The smallest absolute Gasteiger partial charge is 0.139 e. The molecule has 2 aromatic heterocycles. The number of methoxy groups -OCH3 is 2. The minimum absolute atomic E-state index is 0.306. The van der Waals surface area contributed by atoms with Crippen LogP contribution in [0, 0.1) is 5.82 Å². The number of pyridine rings is 1. The predicted molar refractivity (Wildman–Crippen MR) is 73.7 cm³/mol. The van der Waals surface area contributed by atoms with Gasteiger partial charge in [-0.3, -0.25) is 0 Å². The van der Waals surface area contributed by atoms with Crippen LogP contribution in [-0.4, -0.2) is 23.6 Å². The Hall–Kier alpha value is -2.56. The molecule has 0 aliphatic carbocycles. The number of fused-ring (bicyclic) bond motifs is 1. The molecule has 5 heteroatoms. The number of rotatable bonds is 3. The monoisotopic (exact) mass is 272 g/mol. The van der Waals surface area contributed by atoms with Crippen LogP contribution in [0.2, 0.25) is 0 Å². The number of aromatic nitrogens is 2. The quantitative estimate of drug-likeness (QED) is 0.734. The summed E-state index contributed by atoms with van der Waals surface area (Å²) in [6.07, 6.45) is 3.15. The van der Waals surface area contributed by atoms with Crippen LogP contribution >= 0.6 is 0 Å². The van der Waals surface area contributed by atoms with Gasteiger partial charge in [0.15, 0.2) is 0 Å². The standard InChI is InChI=1S/C15H13FN2O2/c1-19-11-4-5-14(20-2)12(7-11)13-9-18-8-10(16)3-6-15(18)17-13/h3-9H,1-2H3. The van der Waals surface area contributed by atoms with Crippen molar-refractivity contribution < 1.29 is 13.9 Å². The highest BCUT2D eigenvalue weighted by Crippen LogP contribution is 2.32. The molecule has 4 nitrogen and oxygen atoms in total. The highest BCUT2D eigenvalue weighted by molar-refractivity contribution is 5.70. The number of ether oxygens (including phenoxy) is 2. The zero-order valence-electron chi connectivity index (χ0n) is 11.1. The summed E-state index contributed by atoms with van der Waals surface area (Å²) in [5, 5.41) is 0. The van der Waals surface area contributed by atoms with Gasteiger partial charge in [-0.15, -0.1) is 0 Å². The van der Waals surface area contributed by atoms with E-state index in [1.54, 1.807) is 30.9 Å². The molecule has 3 rings (SSSR count). The summed E-state index contributed by atoms with van der Waals surface area (Å²) in [6.45, 7) is 0. The van der Waals surface area contributed by atoms with Crippen molar-refractivity contribution in [1.82, 2.24) is 9.38 Å². The topological polar surface area (TPSA) is 35.8 Å². The van der Waals surface area contributed by atoms with Gasteiger partial charge in [-0.1, -0.05) is 0 Å². The van der Waals surface area contributed by atoms with Crippen LogP contribution in [0.1, 0.15) is 0 Å². The molecule has 0 spiro atoms. The maximum atomic E-state index is 13.2. The summed E-state index contributed by atoms with van der Waals surface area (Å²) in [5.74, 6) is 1.10. The molecule has 0 aliphatic heterocycles. The molecule has 3 aromatic rings. The highest BCUT2D eigenvalue weighted by Gasteiger charge is 2.11. The van der Waals surface area contributed by atoms with Crippen LogP contribution in [0.3, 0.4) is 0 Å². The molecular weight excluding hydrogens is 259 g/mol. The summed E-state index contributed by atoms with van der Waals surface area (Å²) in [6, 6.07) is 8.49. The highest BCUT2D eigenvalue weighted by atomic mass is 19.1. The lowest BCUT2D eigenvalue weighted by Gasteiger charge is -2.08. The van der Waals surface area contributed by atoms with Crippen molar-refractivity contribution >= 4 is 5.65 Å².